The first kappa shape index (κ1) is 18.6. The van der Waals surface area contributed by atoms with Crippen LogP contribution in [0.15, 0.2) is 36.7 Å². The predicted molar refractivity (Wildman–Crippen MR) is 99.1 cm³/mol. The third kappa shape index (κ3) is 3.77. The summed E-state index contributed by atoms with van der Waals surface area (Å²) in [6.45, 7) is 2.91. The molecule has 0 bridgehead atoms. The van der Waals surface area contributed by atoms with Crippen LogP contribution in [0.5, 0.6) is 5.88 Å². The topological polar surface area (TPSA) is 67.8 Å². The maximum absolute atomic E-state index is 13.9. The van der Waals surface area contributed by atoms with E-state index in [2.05, 4.69) is 14.9 Å². The number of hydrogen-bond acceptors (Lipinski definition) is 6. The zero-order valence-corrected chi connectivity index (χ0v) is 15.8. The third-order valence-corrected chi connectivity index (χ3v) is 5.43. The summed E-state index contributed by atoms with van der Waals surface area (Å²) < 4.78 is 24.9. The predicted octanol–water partition coefficient (Wildman–Crippen LogP) is 2.61. The van der Waals surface area contributed by atoms with Crippen molar-refractivity contribution in [2.45, 2.75) is 31.5 Å². The van der Waals surface area contributed by atoms with Crippen LogP contribution in [-0.4, -0.2) is 58.2 Å². The summed E-state index contributed by atoms with van der Waals surface area (Å²) in [5, 5.41) is 0. The fourth-order valence-corrected chi connectivity index (χ4v) is 3.87. The summed E-state index contributed by atoms with van der Waals surface area (Å²) in [5.41, 5.74) is 0.805. The molecule has 0 unspecified atom stereocenters. The Morgan fingerprint density at radius 3 is 2.68 bits per heavy atom. The molecule has 1 aromatic carbocycles. The molecule has 4 rings (SSSR count). The van der Waals surface area contributed by atoms with E-state index in [-0.39, 0.29) is 18.5 Å². The summed E-state index contributed by atoms with van der Waals surface area (Å²) in [4.78, 5) is 24.7. The van der Waals surface area contributed by atoms with Crippen molar-refractivity contribution in [2.75, 3.05) is 26.7 Å². The average molecular weight is 386 g/mol. The Labute approximate surface area is 163 Å². The second kappa shape index (κ2) is 7.71. The Balaban J connectivity index is 1.36. The third-order valence-electron chi connectivity index (χ3n) is 5.43. The van der Waals surface area contributed by atoms with E-state index in [1.807, 2.05) is 0 Å². The van der Waals surface area contributed by atoms with Crippen molar-refractivity contribution in [1.29, 1.82) is 0 Å². The number of aromatic nitrogens is 2. The van der Waals surface area contributed by atoms with Gasteiger partial charge in [-0.2, -0.15) is 0 Å². The number of carbonyl (C=O) groups is 1. The summed E-state index contributed by atoms with van der Waals surface area (Å²) in [6, 6.07) is 6.52. The highest BCUT2D eigenvalue weighted by Gasteiger charge is 2.47. The van der Waals surface area contributed by atoms with Crippen molar-refractivity contribution in [1.82, 2.24) is 19.8 Å². The van der Waals surface area contributed by atoms with E-state index in [0.29, 0.717) is 24.5 Å². The summed E-state index contributed by atoms with van der Waals surface area (Å²) in [7, 11) is 1.58. The van der Waals surface area contributed by atoms with Gasteiger partial charge >= 0.3 is 6.09 Å². The standard InChI is InChI=1S/C20H23FN4O3/c1-27-18-17(22-8-9-23-18)13-24-10-6-20(7-11-24)14-25(19(26)28-20)12-15-4-2-3-5-16(15)21/h2-5,8-9H,6-7,10-14H2,1H3. The number of nitrogens with zero attached hydrogens (tertiary/aromatic N) is 4. The Kier molecular flexibility index (Phi) is 5.13. The molecular formula is C20H23FN4O3. The molecular weight excluding hydrogens is 363 g/mol. The lowest BCUT2D eigenvalue weighted by atomic mass is 9.91. The lowest BCUT2D eigenvalue weighted by Crippen LogP contribution is -2.46. The number of likely N-dealkylation sites (tertiary alicyclic amines) is 1. The highest BCUT2D eigenvalue weighted by Crippen LogP contribution is 2.34. The van der Waals surface area contributed by atoms with Crippen LogP contribution in [0.3, 0.4) is 0 Å². The number of halogens is 1. The molecule has 0 saturated carbocycles. The monoisotopic (exact) mass is 386 g/mol. The van der Waals surface area contributed by atoms with Crippen molar-refractivity contribution in [3.05, 3.63) is 53.7 Å². The van der Waals surface area contributed by atoms with Gasteiger partial charge in [0.05, 0.1) is 20.2 Å². The summed E-state index contributed by atoms with van der Waals surface area (Å²) in [6.07, 6.45) is 4.36. The van der Waals surface area contributed by atoms with E-state index in [1.165, 1.54) is 6.07 Å². The fraction of sp³-hybridized carbons (Fsp3) is 0.450. The maximum Gasteiger partial charge on any atom is 0.410 e. The molecule has 0 aliphatic carbocycles. The van der Waals surface area contributed by atoms with Crippen LogP contribution < -0.4 is 4.74 Å². The molecule has 0 N–H and O–H groups in total. The van der Waals surface area contributed by atoms with Crippen LogP contribution in [-0.2, 0) is 17.8 Å². The number of methoxy groups -OCH3 is 1. The molecule has 0 atom stereocenters. The van der Waals surface area contributed by atoms with Gasteiger partial charge in [0.1, 0.15) is 17.1 Å². The minimum absolute atomic E-state index is 0.230. The first-order valence-electron chi connectivity index (χ1n) is 9.36. The summed E-state index contributed by atoms with van der Waals surface area (Å²) >= 11 is 0. The molecule has 2 aromatic rings. The van der Waals surface area contributed by atoms with Crippen molar-refractivity contribution >= 4 is 6.09 Å². The fourth-order valence-electron chi connectivity index (χ4n) is 3.87. The largest absolute Gasteiger partial charge is 0.480 e. The van der Waals surface area contributed by atoms with Gasteiger partial charge in [0.15, 0.2) is 0 Å². The van der Waals surface area contributed by atoms with Gasteiger partial charge in [-0.3, -0.25) is 14.8 Å². The minimum atomic E-state index is -0.495. The number of piperidine rings is 1. The number of hydrogen-bond donors (Lipinski definition) is 0. The van der Waals surface area contributed by atoms with Gasteiger partial charge in [-0.1, -0.05) is 18.2 Å². The number of amides is 1. The van der Waals surface area contributed by atoms with Gasteiger partial charge in [-0.15, -0.1) is 0 Å². The molecule has 2 fully saturated rings. The normalized spacial score (nSPS) is 19.1. The lowest BCUT2D eigenvalue weighted by Gasteiger charge is -2.37. The molecule has 0 radical (unpaired) electrons. The highest BCUT2D eigenvalue weighted by atomic mass is 19.1. The molecule has 1 aromatic heterocycles. The van der Waals surface area contributed by atoms with Gasteiger partial charge in [0, 0.05) is 50.4 Å². The Morgan fingerprint density at radius 1 is 1.18 bits per heavy atom. The van der Waals surface area contributed by atoms with Crippen molar-refractivity contribution < 1.29 is 18.7 Å². The van der Waals surface area contributed by atoms with Gasteiger partial charge < -0.3 is 9.47 Å². The molecule has 28 heavy (non-hydrogen) atoms. The zero-order chi connectivity index (χ0) is 19.6. The smallest absolute Gasteiger partial charge is 0.410 e. The second-order valence-electron chi connectivity index (χ2n) is 7.29. The van der Waals surface area contributed by atoms with E-state index >= 15 is 0 Å². The van der Waals surface area contributed by atoms with Crippen LogP contribution >= 0.6 is 0 Å². The number of carbonyl (C=O) groups excluding carboxylic acids is 1. The molecule has 2 saturated heterocycles. The maximum atomic E-state index is 13.9. The molecule has 148 valence electrons. The zero-order valence-electron chi connectivity index (χ0n) is 15.8. The average Bonchev–Trinajstić information content (AvgIpc) is 3.01. The lowest BCUT2D eigenvalue weighted by molar-refractivity contribution is -0.00168. The van der Waals surface area contributed by atoms with Crippen LogP contribution in [0.4, 0.5) is 9.18 Å². The van der Waals surface area contributed by atoms with Crippen molar-refractivity contribution in [3.8, 4) is 5.88 Å². The van der Waals surface area contributed by atoms with E-state index in [0.717, 1.165) is 31.6 Å². The Hall–Kier alpha value is -2.74. The minimum Gasteiger partial charge on any atom is -0.480 e. The van der Waals surface area contributed by atoms with Gasteiger partial charge in [0.2, 0.25) is 5.88 Å². The number of benzene rings is 1. The van der Waals surface area contributed by atoms with E-state index in [1.54, 1.807) is 42.6 Å². The SMILES string of the molecule is COc1nccnc1CN1CCC2(CC1)CN(Cc1ccccc1F)C(=O)O2. The Bertz CT molecular complexity index is 855. The molecule has 2 aliphatic heterocycles. The van der Waals surface area contributed by atoms with Crippen LogP contribution in [0.2, 0.25) is 0 Å². The van der Waals surface area contributed by atoms with E-state index in [9.17, 15) is 9.18 Å². The Morgan fingerprint density at radius 2 is 1.93 bits per heavy atom. The molecule has 2 aliphatic rings. The van der Waals surface area contributed by atoms with E-state index < -0.39 is 5.60 Å². The first-order valence-corrected chi connectivity index (χ1v) is 9.36. The summed E-state index contributed by atoms with van der Waals surface area (Å²) in [5.74, 6) is 0.232. The first-order chi connectivity index (χ1) is 13.6. The van der Waals surface area contributed by atoms with Crippen LogP contribution in [0.25, 0.3) is 0 Å². The van der Waals surface area contributed by atoms with Gasteiger partial charge in [-0.05, 0) is 6.07 Å². The van der Waals surface area contributed by atoms with Crippen LogP contribution in [0, 0.1) is 5.82 Å². The van der Waals surface area contributed by atoms with Gasteiger partial charge in [-0.25, -0.2) is 14.2 Å². The van der Waals surface area contributed by atoms with E-state index in [4.69, 9.17) is 9.47 Å². The number of rotatable bonds is 5. The molecule has 8 heteroatoms. The molecule has 1 spiro atoms. The molecule has 3 heterocycles. The van der Waals surface area contributed by atoms with Crippen molar-refractivity contribution in [2.24, 2.45) is 0 Å². The van der Waals surface area contributed by atoms with Gasteiger partial charge in [0.25, 0.3) is 0 Å². The number of ether oxygens (including phenoxy) is 2. The van der Waals surface area contributed by atoms with Crippen molar-refractivity contribution in [3.63, 3.8) is 0 Å². The second-order valence-corrected chi connectivity index (χ2v) is 7.29. The highest BCUT2D eigenvalue weighted by molar-refractivity contribution is 5.70. The molecule has 1 amide bonds. The van der Waals surface area contributed by atoms with Crippen LogP contribution in [0.1, 0.15) is 24.1 Å². The quantitative estimate of drug-likeness (QED) is 0.787. The molecule has 7 nitrogen and oxygen atoms in total.